The van der Waals surface area contributed by atoms with Gasteiger partial charge in [0.2, 0.25) is 0 Å². The van der Waals surface area contributed by atoms with E-state index in [1.165, 1.54) is 23.3 Å². The van der Waals surface area contributed by atoms with E-state index in [2.05, 4.69) is 36.1 Å². The van der Waals surface area contributed by atoms with Crippen molar-refractivity contribution in [2.45, 2.75) is 45.1 Å². The monoisotopic (exact) mass is 469 g/mol. The van der Waals surface area contributed by atoms with Crippen LogP contribution in [0.3, 0.4) is 0 Å². The van der Waals surface area contributed by atoms with Gasteiger partial charge in [-0.15, -0.1) is 0 Å². The molecule has 3 aromatic carbocycles. The Morgan fingerprint density at radius 2 is 1.60 bits per heavy atom. The third kappa shape index (κ3) is 5.51. The highest BCUT2D eigenvalue weighted by Gasteiger charge is 2.22. The summed E-state index contributed by atoms with van der Waals surface area (Å²) in [5, 5.41) is 6.49. The second kappa shape index (κ2) is 10.5. The molecule has 5 rings (SSSR count). The number of aromatic nitrogens is 2. The highest BCUT2D eigenvalue weighted by Crippen LogP contribution is 2.24. The Bertz CT molecular complexity index is 1350. The number of hydrogen-bond acceptors (Lipinski definition) is 3. The fraction of sp³-hybridized carbons (Fsp3) is 0.333. The summed E-state index contributed by atoms with van der Waals surface area (Å²) in [5.41, 5.74) is 4.50. The van der Waals surface area contributed by atoms with Crippen LogP contribution in [0, 0.1) is 12.7 Å². The quantitative estimate of drug-likeness (QED) is 0.363. The van der Waals surface area contributed by atoms with Gasteiger partial charge in [0.05, 0.1) is 17.1 Å². The van der Waals surface area contributed by atoms with Gasteiger partial charge in [0.15, 0.2) is 0 Å². The molecule has 0 saturated carbocycles. The predicted molar refractivity (Wildman–Crippen MR) is 139 cm³/mol. The molecule has 0 spiro atoms. The molecule has 35 heavy (non-hydrogen) atoms. The molecular weight excluding hydrogens is 437 g/mol. The van der Waals surface area contributed by atoms with Crippen molar-refractivity contribution in [3.05, 3.63) is 111 Å². The Morgan fingerprint density at radius 3 is 2.37 bits per heavy atom. The topological polar surface area (TPSA) is 38.1 Å². The van der Waals surface area contributed by atoms with Crippen LogP contribution in [-0.2, 0) is 12.8 Å². The lowest BCUT2D eigenvalue weighted by Gasteiger charge is -2.21. The first kappa shape index (κ1) is 23.4. The molecule has 4 nitrogen and oxygen atoms in total. The van der Waals surface area contributed by atoms with E-state index in [-0.39, 0.29) is 17.4 Å². The van der Waals surface area contributed by atoms with Crippen LogP contribution in [0.5, 0.6) is 0 Å². The van der Waals surface area contributed by atoms with Gasteiger partial charge >= 0.3 is 0 Å². The Morgan fingerprint density at radius 1 is 0.886 bits per heavy atom. The molecule has 0 aliphatic carbocycles. The smallest absolute Gasteiger partial charge is 0.274 e. The molecule has 4 aromatic rings. The lowest BCUT2D eigenvalue weighted by molar-refractivity contribution is 0.281. The van der Waals surface area contributed by atoms with Crippen molar-refractivity contribution in [3.63, 3.8) is 0 Å². The number of nitrogens with zero attached hydrogens (tertiary/aromatic N) is 3. The summed E-state index contributed by atoms with van der Waals surface area (Å²) in [6.45, 7) is 5.16. The summed E-state index contributed by atoms with van der Waals surface area (Å²) in [6.07, 6.45) is 4.52. The largest absolute Gasteiger partial charge is 0.303 e. The van der Waals surface area contributed by atoms with Gasteiger partial charge in [-0.3, -0.25) is 4.79 Å². The number of hydrogen-bond donors (Lipinski definition) is 0. The summed E-state index contributed by atoms with van der Waals surface area (Å²) in [7, 11) is 0. The van der Waals surface area contributed by atoms with Gasteiger partial charge < -0.3 is 4.90 Å². The number of aryl methyl sites for hydroxylation is 1. The Kier molecular flexibility index (Phi) is 7.05. The number of benzene rings is 3. The second-order valence-corrected chi connectivity index (χ2v) is 9.71. The maximum atomic E-state index is 13.4. The van der Waals surface area contributed by atoms with Crippen molar-refractivity contribution >= 4 is 10.8 Å². The molecule has 0 amide bonds. The molecule has 1 aliphatic heterocycles. The molecule has 0 radical (unpaired) electrons. The van der Waals surface area contributed by atoms with Crippen LogP contribution < -0.4 is 5.56 Å². The van der Waals surface area contributed by atoms with Gasteiger partial charge in [-0.05, 0) is 68.5 Å². The standard InChI is InChI=1S/C30H32FN3O/c1-22-8-10-23(11-9-22)16-19-33-18-4-5-26(17-20-33)34-30(35)28-7-3-2-6-27(28)29(32-34)21-24-12-14-25(31)15-13-24/h2-3,6-15,26H,4-5,16-21H2,1H3. The Labute approximate surface area is 206 Å². The van der Waals surface area contributed by atoms with Crippen molar-refractivity contribution in [1.29, 1.82) is 0 Å². The van der Waals surface area contributed by atoms with Gasteiger partial charge in [-0.25, -0.2) is 9.07 Å². The van der Waals surface area contributed by atoms with Crippen molar-refractivity contribution in [2.24, 2.45) is 0 Å². The summed E-state index contributed by atoms with van der Waals surface area (Å²) in [4.78, 5) is 16.0. The summed E-state index contributed by atoms with van der Waals surface area (Å²) in [6, 6.07) is 23.1. The molecule has 0 bridgehead atoms. The molecule has 1 aliphatic rings. The SMILES string of the molecule is Cc1ccc(CCN2CCCC(n3nc(Cc4ccc(F)cc4)c4ccccc4c3=O)CC2)cc1. The summed E-state index contributed by atoms with van der Waals surface area (Å²) < 4.78 is 15.2. The zero-order valence-electron chi connectivity index (χ0n) is 20.3. The van der Waals surface area contributed by atoms with E-state index in [9.17, 15) is 9.18 Å². The third-order valence-corrected chi connectivity index (χ3v) is 7.16. The van der Waals surface area contributed by atoms with Crippen LogP contribution >= 0.6 is 0 Å². The highest BCUT2D eigenvalue weighted by atomic mass is 19.1. The van der Waals surface area contributed by atoms with E-state index in [4.69, 9.17) is 5.10 Å². The van der Waals surface area contributed by atoms with Gasteiger partial charge in [0.25, 0.3) is 5.56 Å². The number of halogens is 1. The van der Waals surface area contributed by atoms with E-state index in [1.807, 2.05) is 24.3 Å². The van der Waals surface area contributed by atoms with E-state index in [0.29, 0.717) is 11.8 Å². The lowest BCUT2D eigenvalue weighted by atomic mass is 10.0. The number of fused-ring (bicyclic) bond motifs is 1. The van der Waals surface area contributed by atoms with Crippen molar-refractivity contribution in [1.82, 2.24) is 14.7 Å². The summed E-state index contributed by atoms with van der Waals surface area (Å²) >= 11 is 0. The van der Waals surface area contributed by atoms with Crippen LogP contribution in [0.4, 0.5) is 4.39 Å². The van der Waals surface area contributed by atoms with Crippen LogP contribution in [0.1, 0.15) is 47.7 Å². The van der Waals surface area contributed by atoms with E-state index < -0.39 is 0 Å². The molecule has 1 aromatic heterocycles. The lowest BCUT2D eigenvalue weighted by Crippen LogP contribution is -2.30. The van der Waals surface area contributed by atoms with Crippen LogP contribution in [0.25, 0.3) is 10.8 Å². The molecule has 1 unspecified atom stereocenters. The zero-order chi connectivity index (χ0) is 24.2. The fourth-order valence-electron chi connectivity index (χ4n) is 5.10. The first-order chi connectivity index (χ1) is 17.1. The van der Waals surface area contributed by atoms with Crippen molar-refractivity contribution < 1.29 is 4.39 Å². The van der Waals surface area contributed by atoms with Gasteiger partial charge in [0, 0.05) is 24.9 Å². The van der Waals surface area contributed by atoms with E-state index in [1.54, 1.807) is 16.8 Å². The fourth-order valence-corrected chi connectivity index (χ4v) is 5.10. The van der Waals surface area contributed by atoms with Gasteiger partial charge in [0.1, 0.15) is 5.82 Å². The van der Waals surface area contributed by atoms with Gasteiger partial charge in [-0.1, -0.05) is 60.2 Å². The minimum Gasteiger partial charge on any atom is -0.303 e. The molecule has 5 heteroatoms. The third-order valence-electron chi connectivity index (χ3n) is 7.16. The number of likely N-dealkylation sites (tertiary alicyclic amines) is 1. The summed E-state index contributed by atoms with van der Waals surface area (Å²) in [5.74, 6) is -0.248. The molecule has 1 saturated heterocycles. The molecule has 2 heterocycles. The minimum atomic E-state index is -0.248. The first-order valence-corrected chi connectivity index (χ1v) is 12.6. The Hall–Kier alpha value is -3.31. The molecule has 1 fully saturated rings. The van der Waals surface area contributed by atoms with E-state index >= 15 is 0 Å². The zero-order valence-corrected chi connectivity index (χ0v) is 20.3. The minimum absolute atomic E-state index is 0.0124. The number of rotatable bonds is 6. The molecule has 1 atom stereocenters. The van der Waals surface area contributed by atoms with Crippen LogP contribution in [0.2, 0.25) is 0 Å². The highest BCUT2D eigenvalue weighted by molar-refractivity contribution is 5.83. The molecule has 0 N–H and O–H groups in total. The Balaban J connectivity index is 1.36. The first-order valence-electron chi connectivity index (χ1n) is 12.6. The normalized spacial score (nSPS) is 16.9. The molecule has 180 valence electrons. The second-order valence-electron chi connectivity index (χ2n) is 9.71. The van der Waals surface area contributed by atoms with Crippen molar-refractivity contribution in [2.75, 3.05) is 19.6 Å². The van der Waals surface area contributed by atoms with Gasteiger partial charge in [-0.2, -0.15) is 5.10 Å². The maximum Gasteiger partial charge on any atom is 0.274 e. The molecular formula is C30H32FN3O. The predicted octanol–water partition coefficient (Wildman–Crippen LogP) is 5.70. The average Bonchev–Trinajstić information content (AvgIpc) is 3.12. The maximum absolute atomic E-state index is 13.4. The van der Waals surface area contributed by atoms with Crippen molar-refractivity contribution in [3.8, 4) is 0 Å². The van der Waals surface area contributed by atoms with Crippen LogP contribution in [-0.4, -0.2) is 34.3 Å². The average molecular weight is 470 g/mol. The van der Waals surface area contributed by atoms with E-state index in [0.717, 1.165) is 62.0 Å². The van der Waals surface area contributed by atoms with Crippen LogP contribution in [0.15, 0.2) is 77.6 Å².